The van der Waals surface area contributed by atoms with Crippen LogP contribution in [0.5, 0.6) is 11.5 Å². The number of benzene rings is 4. The molecule has 1 atom stereocenters. The van der Waals surface area contributed by atoms with Crippen molar-refractivity contribution in [3.8, 4) is 11.5 Å². The smallest absolute Gasteiger partial charge is 0.175 e. The fourth-order valence-electron chi connectivity index (χ4n) is 4.56. The Morgan fingerprint density at radius 3 is 1.81 bits per heavy atom. The zero-order chi connectivity index (χ0) is 25.3. The van der Waals surface area contributed by atoms with Crippen LogP contribution < -0.4 is 0 Å². The molecule has 4 aromatic rings. The Bertz CT molecular complexity index is 1560. The molecule has 0 bridgehead atoms. The molecule has 0 radical (unpaired) electrons. The summed E-state index contributed by atoms with van der Waals surface area (Å²) in [6, 6.07) is 30.3. The zero-order valence-corrected chi connectivity index (χ0v) is 20.4. The molecule has 1 aliphatic rings. The molecule has 5 rings (SSSR count). The summed E-state index contributed by atoms with van der Waals surface area (Å²) in [5.74, 6) is 0.281. The highest BCUT2D eigenvalue weighted by Crippen LogP contribution is 2.50. The van der Waals surface area contributed by atoms with E-state index in [1.54, 1.807) is 60.7 Å². The summed E-state index contributed by atoms with van der Waals surface area (Å²) in [6.45, 7) is 0. The first kappa shape index (κ1) is 23.5. The fourth-order valence-corrected chi connectivity index (χ4v) is 5.19. The number of hydrogen-bond donors (Lipinski definition) is 2. The zero-order valence-electron chi connectivity index (χ0n) is 19.5. The predicted molar refractivity (Wildman–Crippen MR) is 138 cm³/mol. The molecule has 180 valence electrons. The van der Waals surface area contributed by atoms with Crippen molar-refractivity contribution in [2.24, 2.45) is 10.2 Å². The largest absolute Gasteiger partial charge is 0.508 e. The molecule has 4 aromatic carbocycles. The van der Waals surface area contributed by atoms with E-state index in [-0.39, 0.29) is 16.4 Å². The maximum absolute atomic E-state index is 12.1. The average molecular weight is 497 g/mol. The van der Waals surface area contributed by atoms with Gasteiger partial charge < -0.3 is 10.2 Å². The van der Waals surface area contributed by atoms with Crippen LogP contribution in [0.4, 0.5) is 0 Å². The molecule has 0 amide bonds. The van der Waals surface area contributed by atoms with E-state index < -0.39 is 15.4 Å². The van der Waals surface area contributed by atoms with Crippen molar-refractivity contribution < 1.29 is 18.6 Å². The van der Waals surface area contributed by atoms with E-state index in [0.717, 1.165) is 27.8 Å². The van der Waals surface area contributed by atoms with Gasteiger partial charge in [-0.1, -0.05) is 54.6 Å². The van der Waals surface area contributed by atoms with Crippen LogP contribution in [0.2, 0.25) is 0 Å². The number of rotatable bonds is 6. The van der Waals surface area contributed by atoms with E-state index >= 15 is 0 Å². The SMILES string of the molecule is CS(=O)(=O)c1ccc(C2(c3ccc(O)cc3)N=NC(c3ccc(O)cc3)=C2Cc2ccccc2)cc1. The molecule has 1 heterocycles. The lowest BCUT2D eigenvalue weighted by Crippen LogP contribution is -2.27. The van der Waals surface area contributed by atoms with Crippen LogP contribution in [0.15, 0.2) is 124 Å². The first-order valence-electron chi connectivity index (χ1n) is 11.4. The third-order valence-corrected chi connectivity index (χ3v) is 7.50. The number of azo groups is 1. The Kier molecular flexibility index (Phi) is 5.94. The van der Waals surface area contributed by atoms with E-state index in [1.807, 2.05) is 42.5 Å². The van der Waals surface area contributed by atoms with Gasteiger partial charge in [0.2, 0.25) is 0 Å². The number of sulfone groups is 1. The van der Waals surface area contributed by atoms with Gasteiger partial charge in [-0.25, -0.2) is 8.42 Å². The third-order valence-electron chi connectivity index (χ3n) is 6.37. The van der Waals surface area contributed by atoms with E-state index in [4.69, 9.17) is 5.11 Å². The molecule has 0 fully saturated rings. The summed E-state index contributed by atoms with van der Waals surface area (Å²) in [7, 11) is -3.38. The van der Waals surface area contributed by atoms with E-state index in [1.165, 1.54) is 6.26 Å². The lowest BCUT2D eigenvalue weighted by molar-refractivity contribution is 0.474. The van der Waals surface area contributed by atoms with Crippen LogP contribution in [0.1, 0.15) is 22.3 Å². The Labute approximate surface area is 209 Å². The van der Waals surface area contributed by atoms with Crippen molar-refractivity contribution in [3.05, 3.63) is 131 Å². The molecule has 0 aliphatic carbocycles. The van der Waals surface area contributed by atoms with E-state index in [0.29, 0.717) is 12.1 Å². The van der Waals surface area contributed by atoms with Crippen LogP contribution in [-0.2, 0) is 21.8 Å². The third kappa shape index (κ3) is 4.29. The molecule has 6 nitrogen and oxygen atoms in total. The quantitative estimate of drug-likeness (QED) is 0.349. The molecule has 0 saturated heterocycles. The normalized spacial score (nSPS) is 17.5. The Hall–Kier alpha value is -4.23. The maximum Gasteiger partial charge on any atom is 0.175 e. The van der Waals surface area contributed by atoms with Crippen LogP contribution in [0, 0.1) is 0 Å². The molecule has 1 aliphatic heterocycles. The minimum Gasteiger partial charge on any atom is -0.508 e. The van der Waals surface area contributed by atoms with Gasteiger partial charge in [-0.2, -0.15) is 10.2 Å². The maximum atomic E-state index is 12.1. The van der Waals surface area contributed by atoms with Crippen molar-refractivity contribution in [2.75, 3.05) is 6.26 Å². The van der Waals surface area contributed by atoms with Crippen molar-refractivity contribution in [1.29, 1.82) is 0 Å². The molecular weight excluding hydrogens is 472 g/mol. The lowest BCUT2D eigenvalue weighted by atomic mass is 9.74. The number of aromatic hydroxyl groups is 2. The Morgan fingerprint density at radius 1 is 0.722 bits per heavy atom. The highest BCUT2D eigenvalue weighted by atomic mass is 32.2. The summed E-state index contributed by atoms with van der Waals surface area (Å²) in [5, 5.41) is 29.3. The van der Waals surface area contributed by atoms with Gasteiger partial charge in [-0.15, -0.1) is 0 Å². The highest BCUT2D eigenvalue weighted by Gasteiger charge is 2.44. The monoisotopic (exact) mass is 496 g/mol. The van der Waals surface area contributed by atoms with Crippen LogP contribution in [0.3, 0.4) is 0 Å². The standard InChI is InChI=1S/C29H24N2O4S/c1-36(34,35)26-17-11-23(12-18-26)29(22-9-15-25(33)16-10-22)27(19-20-5-3-2-4-6-20)28(30-31-29)21-7-13-24(32)14-8-21/h2-18,32-33H,19H2,1H3. The van der Waals surface area contributed by atoms with Gasteiger partial charge in [-0.05, 0) is 71.6 Å². The van der Waals surface area contributed by atoms with Crippen LogP contribution in [0.25, 0.3) is 5.70 Å². The second-order valence-corrected chi connectivity index (χ2v) is 10.8. The summed E-state index contributed by atoms with van der Waals surface area (Å²) in [6.07, 6.45) is 1.70. The summed E-state index contributed by atoms with van der Waals surface area (Å²) < 4.78 is 24.2. The minimum atomic E-state index is -3.38. The molecule has 2 N–H and O–H groups in total. The van der Waals surface area contributed by atoms with Gasteiger partial charge in [0.25, 0.3) is 0 Å². The van der Waals surface area contributed by atoms with Crippen molar-refractivity contribution in [3.63, 3.8) is 0 Å². The van der Waals surface area contributed by atoms with Crippen molar-refractivity contribution in [2.45, 2.75) is 16.9 Å². The van der Waals surface area contributed by atoms with E-state index in [2.05, 4.69) is 5.11 Å². The minimum absolute atomic E-state index is 0.128. The number of phenolic OH excluding ortho intramolecular Hbond substituents is 2. The average Bonchev–Trinajstić information content (AvgIpc) is 3.25. The van der Waals surface area contributed by atoms with Crippen molar-refractivity contribution >= 4 is 15.5 Å². The fraction of sp³-hybridized carbons (Fsp3) is 0.103. The van der Waals surface area contributed by atoms with Gasteiger partial charge >= 0.3 is 0 Å². The van der Waals surface area contributed by atoms with Crippen LogP contribution >= 0.6 is 0 Å². The summed E-state index contributed by atoms with van der Waals surface area (Å²) in [5.41, 5.74) is 3.94. The van der Waals surface area contributed by atoms with Crippen LogP contribution in [-0.4, -0.2) is 24.9 Å². The number of hydrogen-bond acceptors (Lipinski definition) is 6. The van der Waals surface area contributed by atoms with Gasteiger partial charge in [0, 0.05) is 17.4 Å². The van der Waals surface area contributed by atoms with Gasteiger partial charge in [0.1, 0.15) is 11.5 Å². The second-order valence-electron chi connectivity index (χ2n) is 8.79. The number of nitrogens with zero attached hydrogens (tertiary/aromatic N) is 2. The Balaban J connectivity index is 1.78. The molecule has 36 heavy (non-hydrogen) atoms. The molecule has 0 spiro atoms. The molecule has 1 unspecified atom stereocenters. The van der Waals surface area contributed by atoms with Gasteiger partial charge in [0.05, 0.1) is 10.6 Å². The molecule has 0 saturated carbocycles. The predicted octanol–water partition coefficient (Wildman–Crippen LogP) is 5.86. The Morgan fingerprint density at radius 2 is 1.25 bits per heavy atom. The first-order valence-corrected chi connectivity index (χ1v) is 13.3. The molecule has 7 heteroatoms. The summed E-state index contributed by atoms with van der Waals surface area (Å²) >= 11 is 0. The second kappa shape index (κ2) is 9.09. The van der Waals surface area contributed by atoms with Crippen molar-refractivity contribution in [1.82, 2.24) is 0 Å². The topological polar surface area (TPSA) is 99.3 Å². The van der Waals surface area contributed by atoms with Gasteiger partial charge in [0.15, 0.2) is 15.4 Å². The van der Waals surface area contributed by atoms with Gasteiger partial charge in [-0.3, -0.25) is 0 Å². The highest BCUT2D eigenvalue weighted by molar-refractivity contribution is 7.90. The summed E-state index contributed by atoms with van der Waals surface area (Å²) in [4.78, 5) is 0.217. The molecule has 0 aromatic heterocycles. The molecular formula is C29H24N2O4S. The van der Waals surface area contributed by atoms with E-state index in [9.17, 15) is 18.6 Å². The lowest BCUT2D eigenvalue weighted by Gasteiger charge is -2.30. The number of phenols is 2. The first-order chi connectivity index (χ1) is 17.3.